The first-order chi connectivity index (χ1) is 14.2. The Bertz CT molecular complexity index is 1130. The van der Waals surface area contributed by atoms with Gasteiger partial charge in [0, 0.05) is 28.8 Å². The second kappa shape index (κ2) is 8.28. The van der Waals surface area contributed by atoms with Gasteiger partial charge < -0.3 is 29.5 Å². The molecule has 3 aromatic rings. The monoisotopic (exact) mass is 413 g/mol. The van der Waals surface area contributed by atoms with Crippen molar-refractivity contribution in [1.82, 2.24) is 0 Å². The molecule has 0 saturated heterocycles. The molecule has 3 rings (SSSR count). The standard InChI is InChI=1S/C23H27NO6/c1-23(2,24)9-8-14-19(28-4)12-16(26)21-15(25)11-18(30-22(14)21)13-6-7-17(27-3)20(10-13)29-5/h6-7,10-12,26H,8-9,24H2,1-5H3. The van der Waals surface area contributed by atoms with Crippen molar-refractivity contribution in [1.29, 1.82) is 0 Å². The molecule has 3 N–H and O–H groups in total. The maximum absolute atomic E-state index is 12.9. The SMILES string of the molecule is COc1ccc(-c2cc(=O)c3c(O)cc(OC)c(CCC(C)(C)N)c3o2)cc1OC. The molecule has 1 heterocycles. The largest absolute Gasteiger partial charge is 0.507 e. The Morgan fingerprint density at radius 2 is 1.67 bits per heavy atom. The number of phenolic OH excluding ortho intramolecular Hbond substituents is 1. The summed E-state index contributed by atoms with van der Waals surface area (Å²) in [5.74, 6) is 1.67. The van der Waals surface area contributed by atoms with Gasteiger partial charge in [0.2, 0.25) is 0 Å². The van der Waals surface area contributed by atoms with E-state index in [1.54, 1.807) is 25.3 Å². The number of benzene rings is 2. The summed E-state index contributed by atoms with van der Waals surface area (Å²) in [6, 6.07) is 8.03. The summed E-state index contributed by atoms with van der Waals surface area (Å²) in [4.78, 5) is 12.9. The molecule has 7 heteroatoms. The molecule has 0 fully saturated rings. The van der Waals surface area contributed by atoms with Crippen LogP contribution < -0.4 is 25.4 Å². The highest BCUT2D eigenvalue weighted by atomic mass is 16.5. The minimum absolute atomic E-state index is 0.116. The van der Waals surface area contributed by atoms with E-state index in [2.05, 4.69) is 0 Å². The van der Waals surface area contributed by atoms with E-state index in [0.717, 1.165) is 0 Å². The first kappa shape index (κ1) is 21.5. The van der Waals surface area contributed by atoms with Gasteiger partial charge in [0.25, 0.3) is 0 Å². The van der Waals surface area contributed by atoms with E-state index in [1.807, 2.05) is 13.8 Å². The highest BCUT2D eigenvalue weighted by Gasteiger charge is 2.21. The third-order valence-electron chi connectivity index (χ3n) is 4.95. The minimum Gasteiger partial charge on any atom is -0.507 e. The van der Waals surface area contributed by atoms with E-state index in [4.69, 9.17) is 24.4 Å². The van der Waals surface area contributed by atoms with Crippen LogP contribution in [0.2, 0.25) is 0 Å². The van der Waals surface area contributed by atoms with Crippen molar-refractivity contribution in [2.24, 2.45) is 5.73 Å². The maximum atomic E-state index is 12.9. The highest BCUT2D eigenvalue weighted by Crippen LogP contribution is 2.38. The molecule has 0 aliphatic heterocycles. The summed E-state index contributed by atoms with van der Waals surface area (Å²) in [7, 11) is 4.59. The second-order valence-electron chi connectivity index (χ2n) is 7.81. The Kier molecular flexibility index (Phi) is 5.94. The van der Waals surface area contributed by atoms with E-state index in [1.165, 1.54) is 26.4 Å². The van der Waals surface area contributed by atoms with Crippen molar-refractivity contribution < 1.29 is 23.7 Å². The summed E-state index contributed by atoms with van der Waals surface area (Å²) in [6.45, 7) is 3.85. The first-order valence-electron chi connectivity index (χ1n) is 9.56. The van der Waals surface area contributed by atoms with Crippen molar-refractivity contribution >= 4 is 11.0 Å². The predicted molar refractivity (Wildman–Crippen MR) is 116 cm³/mol. The molecule has 0 radical (unpaired) electrons. The molecule has 0 saturated carbocycles. The number of phenols is 1. The Balaban J connectivity index is 2.25. The van der Waals surface area contributed by atoms with Gasteiger partial charge in [0.15, 0.2) is 16.9 Å². The molecular formula is C23H27NO6. The van der Waals surface area contributed by atoms with Crippen LogP contribution in [0.5, 0.6) is 23.0 Å². The van der Waals surface area contributed by atoms with E-state index >= 15 is 0 Å². The number of hydrogen-bond acceptors (Lipinski definition) is 7. The highest BCUT2D eigenvalue weighted by molar-refractivity contribution is 5.89. The third kappa shape index (κ3) is 4.21. The number of fused-ring (bicyclic) bond motifs is 1. The topological polar surface area (TPSA) is 104 Å². The van der Waals surface area contributed by atoms with E-state index in [9.17, 15) is 9.90 Å². The van der Waals surface area contributed by atoms with Gasteiger partial charge in [0.05, 0.1) is 21.3 Å². The second-order valence-corrected chi connectivity index (χ2v) is 7.81. The van der Waals surface area contributed by atoms with E-state index in [-0.39, 0.29) is 22.1 Å². The molecule has 7 nitrogen and oxygen atoms in total. The molecule has 0 unspecified atom stereocenters. The van der Waals surface area contributed by atoms with Crippen LogP contribution in [0.4, 0.5) is 0 Å². The zero-order valence-corrected chi connectivity index (χ0v) is 17.9. The van der Waals surface area contributed by atoms with Gasteiger partial charge in [-0.3, -0.25) is 4.79 Å². The molecule has 0 aliphatic rings. The van der Waals surface area contributed by atoms with Crippen molar-refractivity contribution in [3.63, 3.8) is 0 Å². The quantitative estimate of drug-likeness (QED) is 0.606. The average Bonchev–Trinajstić information content (AvgIpc) is 2.70. The maximum Gasteiger partial charge on any atom is 0.197 e. The molecule has 2 aromatic carbocycles. The van der Waals surface area contributed by atoms with Crippen molar-refractivity contribution in [3.8, 4) is 34.3 Å². The number of ether oxygens (including phenoxy) is 3. The van der Waals surface area contributed by atoms with Gasteiger partial charge in [-0.1, -0.05) is 0 Å². The van der Waals surface area contributed by atoms with Gasteiger partial charge in [-0.25, -0.2) is 0 Å². The molecule has 0 amide bonds. The Morgan fingerprint density at radius 3 is 2.27 bits per heavy atom. The lowest BCUT2D eigenvalue weighted by Gasteiger charge is -2.20. The van der Waals surface area contributed by atoms with Crippen LogP contribution in [0.1, 0.15) is 25.8 Å². The van der Waals surface area contributed by atoms with Crippen molar-refractivity contribution in [3.05, 3.63) is 46.1 Å². The summed E-state index contributed by atoms with van der Waals surface area (Å²) >= 11 is 0. The smallest absolute Gasteiger partial charge is 0.197 e. The predicted octanol–water partition coefficient (Wildman–Crippen LogP) is 3.86. The van der Waals surface area contributed by atoms with Gasteiger partial charge in [-0.2, -0.15) is 0 Å². The number of rotatable bonds is 7. The summed E-state index contributed by atoms with van der Waals surface area (Å²) < 4.78 is 22.2. The minimum atomic E-state index is -0.420. The molecule has 0 bridgehead atoms. The van der Waals surface area contributed by atoms with Crippen LogP contribution in [0.25, 0.3) is 22.3 Å². The first-order valence-corrected chi connectivity index (χ1v) is 9.56. The van der Waals surface area contributed by atoms with Crippen LogP contribution in [-0.2, 0) is 6.42 Å². The van der Waals surface area contributed by atoms with Crippen molar-refractivity contribution in [2.75, 3.05) is 21.3 Å². The van der Waals surface area contributed by atoms with Crippen LogP contribution in [-0.4, -0.2) is 32.0 Å². The normalized spacial score (nSPS) is 11.5. The molecule has 30 heavy (non-hydrogen) atoms. The van der Waals surface area contributed by atoms with E-state index < -0.39 is 5.54 Å². The van der Waals surface area contributed by atoms with Crippen LogP contribution >= 0.6 is 0 Å². The Labute approximate surface area is 175 Å². The third-order valence-corrected chi connectivity index (χ3v) is 4.95. The van der Waals surface area contributed by atoms with Gasteiger partial charge in [-0.05, 0) is 44.9 Å². The van der Waals surface area contributed by atoms with Gasteiger partial charge >= 0.3 is 0 Å². The summed E-state index contributed by atoms with van der Waals surface area (Å²) in [6.07, 6.45) is 1.15. The lowest BCUT2D eigenvalue weighted by molar-refractivity contribution is 0.355. The number of methoxy groups -OCH3 is 3. The Hall–Kier alpha value is -3.19. The molecule has 0 aliphatic carbocycles. The zero-order valence-electron chi connectivity index (χ0n) is 17.9. The molecule has 0 spiro atoms. The Morgan fingerprint density at radius 1 is 1.00 bits per heavy atom. The number of nitrogens with two attached hydrogens (primary N) is 1. The number of hydrogen-bond donors (Lipinski definition) is 2. The average molecular weight is 413 g/mol. The van der Waals surface area contributed by atoms with E-state index in [0.29, 0.717) is 47.0 Å². The summed E-state index contributed by atoms with van der Waals surface area (Å²) in [5, 5.41) is 10.5. The van der Waals surface area contributed by atoms with Gasteiger partial charge in [0.1, 0.15) is 28.2 Å². The lowest BCUT2D eigenvalue weighted by Crippen LogP contribution is -2.32. The fourth-order valence-corrected chi connectivity index (χ4v) is 3.34. The molecular weight excluding hydrogens is 386 g/mol. The molecule has 1 aromatic heterocycles. The van der Waals surface area contributed by atoms with Crippen LogP contribution in [0.3, 0.4) is 0 Å². The number of aromatic hydroxyl groups is 1. The number of aryl methyl sites for hydroxylation is 1. The molecule has 0 atom stereocenters. The lowest BCUT2D eigenvalue weighted by atomic mass is 9.94. The van der Waals surface area contributed by atoms with Crippen LogP contribution in [0.15, 0.2) is 39.5 Å². The zero-order chi connectivity index (χ0) is 22.1. The van der Waals surface area contributed by atoms with Crippen LogP contribution in [0, 0.1) is 0 Å². The fraction of sp³-hybridized carbons (Fsp3) is 0.348. The van der Waals surface area contributed by atoms with Gasteiger partial charge in [-0.15, -0.1) is 0 Å². The molecule has 160 valence electrons. The summed E-state index contributed by atoms with van der Waals surface area (Å²) in [5.41, 5.74) is 6.99. The fourth-order valence-electron chi connectivity index (χ4n) is 3.34. The van der Waals surface area contributed by atoms with Crippen molar-refractivity contribution in [2.45, 2.75) is 32.2 Å².